The van der Waals surface area contributed by atoms with Crippen LogP contribution in [0.15, 0.2) is 70.2 Å². The number of benzene rings is 3. The molecule has 0 aromatic heterocycles. The molecule has 174 valence electrons. The summed E-state index contributed by atoms with van der Waals surface area (Å²) in [7, 11) is 0. The summed E-state index contributed by atoms with van der Waals surface area (Å²) >= 11 is 3.40. The van der Waals surface area contributed by atoms with Crippen molar-refractivity contribution in [1.82, 2.24) is 5.43 Å². The lowest BCUT2D eigenvalue weighted by atomic mass is 10.1. The Morgan fingerprint density at radius 3 is 2.47 bits per heavy atom. The maximum absolute atomic E-state index is 12.2. The van der Waals surface area contributed by atoms with Gasteiger partial charge in [0.05, 0.1) is 15.6 Å². The van der Waals surface area contributed by atoms with Gasteiger partial charge in [-0.25, -0.2) is 5.43 Å². The number of hydrogen-bond acceptors (Lipinski definition) is 6. The predicted octanol–water partition coefficient (Wildman–Crippen LogP) is 4.76. The molecule has 2 N–H and O–H groups in total. The number of hydrogen-bond donors (Lipinski definition) is 2. The van der Waals surface area contributed by atoms with Gasteiger partial charge < -0.3 is 10.1 Å². The second-order valence-corrected chi connectivity index (χ2v) is 8.20. The van der Waals surface area contributed by atoms with E-state index in [1.807, 2.05) is 32.0 Å². The maximum atomic E-state index is 12.2. The van der Waals surface area contributed by atoms with Crippen molar-refractivity contribution in [3.05, 3.63) is 97.5 Å². The summed E-state index contributed by atoms with van der Waals surface area (Å²) in [4.78, 5) is 34.5. The number of rotatable bonds is 8. The zero-order valence-corrected chi connectivity index (χ0v) is 20.0. The summed E-state index contributed by atoms with van der Waals surface area (Å²) in [5, 5.41) is 17.4. The third kappa shape index (κ3) is 6.72. The highest BCUT2D eigenvalue weighted by Crippen LogP contribution is 2.25. The van der Waals surface area contributed by atoms with E-state index in [0.29, 0.717) is 15.8 Å². The van der Waals surface area contributed by atoms with Crippen molar-refractivity contribution in [2.45, 2.75) is 13.8 Å². The Morgan fingerprint density at radius 2 is 1.82 bits per heavy atom. The van der Waals surface area contributed by atoms with Crippen LogP contribution >= 0.6 is 15.9 Å². The third-order valence-electron chi connectivity index (χ3n) is 4.69. The van der Waals surface area contributed by atoms with Crippen molar-refractivity contribution < 1.29 is 19.2 Å². The number of halogens is 1. The highest BCUT2D eigenvalue weighted by Gasteiger charge is 2.10. The number of aryl methyl sites for hydroxylation is 2. The van der Waals surface area contributed by atoms with Crippen molar-refractivity contribution >= 4 is 45.3 Å². The number of anilines is 1. The fraction of sp³-hybridized carbons (Fsp3) is 0.125. The zero-order chi connectivity index (χ0) is 24.7. The van der Waals surface area contributed by atoms with E-state index in [1.54, 1.807) is 18.2 Å². The van der Waals surface area contributed by atoms with Gasteiger partial charge in [0.15, 0.2) is 6.61 Å². The number of carbonyl (C=O) groups excluding carboxylic acids is 2. The number of carbonyl (C=O) groups is 2. The molecular formula is C24H21BrN4O5. The molecule has 0 saturated carbocycles. The summed E-state index contributed by atoms with van der Waals surface area (Å²) in [5.41, 5.74) is 6.00. The van der Waals surface area contributed by atoms with Crippen LogP contribution < -0.4 is 15.5 Å². The van der Waals surface area contributed by atoms with Crippen LogP contribution in [0.2, 0.25) is 0 Å². The van der Waals surface area contributed by atoms with Gasteiger partial charge in [0.25, 0.3) is 17.5 Å². The molecule has 34 heavy (non-hydrogen) atoms. The molecule has 0 aliphatic carbocycles. The van der Waals surface area contributed by atoms with Gasteiger partial charge in [-0.3, -0.25) is 19.7 Å². The summed E-state index contributed by atoms with van der Waals surface area (Å²) in [6.07, 6.45) is 1.44. The van der Waals surface area contributed by atoms with E-state index in [9.17, 15) is 19.7 Å². The normalized spacial score (nSPS) is 10.7. The third-order valence-corrected chi connectivity index (χ3v) is 5.31. The minimum absolute atomic E-state index is 0.102. The van der Waals surface area contributed by atoms with Crippen LogP contribution in [0, 0.1) is 24.0 Å². The molecule has 0 spiro atoms. The predicted molar refractivity (Wildman–Crippen MR) is 132 cm³/mol. The second kappa shape index (κ2) is 11.2. The first kappa shape index (κ1) is 24.6. The number of non-ortho nitro benzene ring substituents is 1. The number of hydrazone groups is 1. The molecule has 0 aliphatic heterocycles. The van der Waals surface area contributed by atoms with E-state index in [0.717, 1.165) is 16.8 Å². The SMILES string of the molecule is Cc1ccc(NC(=O)COc2ccc(/C=N/NC(=O)c3ccc([N+](=O)[O-])cc3)cc2Br)c(C)c1. The van der Waals surface area contributed by atoms with E-state index in [4.69, 9.17) is 4.74 Å². The quantitative estimate of drug-likeness (QED) is 0.250. The van der Waals surface area contributed by atoms with E-state index in [1.165, 1.54) is 30.5 Å². The fourth-order valence-corrected chi connectivity index (χ4v) is 3.47. The highest BCUT2D eigenvalue weighted by atomic mass is 79.9. The molecule has 9 nitrogen and oxygen atoms in total. The lowest BCUT2D eigenvalue weighted by Gasteiger charge is -2.11. The number of ether oxygens (including phenoxy) is 1. The van der Waals surface area contributed by atoms with Gasteiger partial charge in [-0.15, -0.1) is 0 Å². The molecule has 10 heteroatoms. The summed E-state index contributed by atoms with van der Waals surface area (Å²) in [6.45, 7) is 3.75. The monoisotopic (exact) mass is 524 g/mol. The Kier molecular flexibility index (Phi) is 8.10. The van der Waals surface area contributed by atoms with Gasteiger partial charge in [0, 0.05) is 23.4 Å². The lowest BCUT2D eigenvalue weighted by Crippen LogP contribution is -2.20. The van der Waals surface area contributed by atoms with Crippen molar-refractivity contribution in [2.75, 3.05) is 11.9 Å². The summed E-state index contributed by atoms with van der Waals surface area (Å²) in [5.74, 6) is -0.304. The largest absolute Gasteiger partial charge is 0.483 e. The van der Waals surface area contributed by atoms with Crippen LogP contribution in [-0.2, 0) is 4.79 Å². The van der Waals surface area contributed by atoms with E-state index >= 15 is 0 Å². The van der Waals surface area contributed by atoms with Gasteiger partial charge in [-0.05, 0) is 77.3 Å². The molecule has 0 radical (unpaired) electrons. The van der Waals surface area contributed by atoms with Crippen molar-refractivity contribution in [3.8, 4) is 5.75 Å². The number of nitrogens with zero attached hydrogens (tertiary/aromatic N) is 2. The van der Waals surface area contributed by atoms with Crippen LogP contribution in [0.25, 0.3) is 0 Å². The Labute approximate surface area is 204 Å². The number of nitrogens with one attached hydrogen (secondary N) is 2. The topological polar surface area (TPSA) is 123 Å². The molecule has 0 unspecified atom stereocenters. The number of nitro benzene ring substituents is 1. The molecule has 3 rings (SSSR count). The van der Waals surface area contributed by atoms with Gasteiger partial charge in [-0.2, -0.15) is 5.10 Å². The van der Waals surface area contributed by atoms with Crippen LogP contribution in [0.1, 0.15) is 27.0 Å². The molecule has 3 aromatic rings. The maximum Gasteiger partial charge on any atom is 0.271 e. The number of amides is 2. The fourth-order valence-electron chi connectivity index (χ4n) is 2.96. The van der Waals surface area contributed by atoms with Gasteiger partial charge in [-0.1, -0.05) is 17.7 Å². The first-order valence-corrected chi connectivity index (χ1v) is 10.9. The standard InChI is InChI=1S/C24H21BrN4O5/c1-15-3-9-21(16(2)11-15)27-23(30)14-34-22-10-4-17(12-20(22)25)13-26-28-24(31)18-5-7-19(8-6-18)29(32)33/h3-13H,14H2,1-2H3,(H,27,30)(H,28,31)/b26-13+. The molecule has 0 saturated heterocycles. The minimum Gasteiger partial charge on any atom is -0.483 e. The Balaban J connectivity index is 1.52. The van der Waals surface area contributed by atoms with Crippen molar-refractivity contribution in [3.63, 3.8) is 0 Å². The summed E-state index contributed by atoms with van der Waals surface area (Å²) in [6, 6.07) is 16.1. The Bertz CT molecular complexity index is 1260. The molecule has 0 fully saturated rings. The number of nitro groups is 1. The molecule has 0 aliphatic rings. The molecule has 0 heterocycles. The van der Waals surface area contributed by atoms with Gasteiger partial charge in [0.1, 0.15) is 5.75 Å². The smallest absolute Gasteiger partial charge is 0.271 e. The van der Waals surface area contributed by atoms with Gasteiger partial charge >= 0.3 is 0 Å². The first-order chi connectivity index (χ1) is 16.2. The van der Waals surface area contributed by atoms with Crippen LogP contribution in [0.4, 0.5) is 11.4 Å². The zero-order valence-electron chi connectivity index (χ0n) is 18.4. The Hall–Kier alpha value is -4.05. The average Bonchev–Trinajstić information content (AvgIpc) is 2.80. The average molecular weight is 525 g/mol. The molecule has 0 bridgehead atoms. The lowest BCUT2D eigenvalue weighted by molar-refractivity contribution is -0.384. The second-order valence-electron chi connectivity index (χ2n) is 7.35. The van der Waals surface area contributed by atoms with Crippen LogP contribution in [0.3, 0.4) is 0 Å². The first-order valence-electron chi connectivity index (χ1n) is 10.1. The van der Waals surface area contributed by atoms with E-state index in [2.05, 4.69) is 31.8 Å². The van der Waals surface area contributed by atoms with E-state index in [-0.39, 0.29) is 23.8 Å². The molecule has 2 amide bonds. The highest BCUT2D eigenvalue weighted by molar-refractivity contribution is 9.10. The summed E-state index contributed by atoms with van der Waals surface area (Å²) < 4.78 is 6.20. The molecule has 0 atom stereocenters. The van der Waals surface area contributed by atoms with Crippen molar-refractivity contribution in [1.29, 1.82) is 0 Å². The molecule has 3 aromatic carbocycles. The van der Waals surface area contributed by atoms with Crippen LogP contribution in [-0.4, -0.2) is 29.6 Å². The van der Waals surface area contributed by atoms with E-state index < -0.39 is 10.8 Å². The Morgan fingerprint density at radius 1 is 1.09 bits per heavy atom. The van der Waals surface area contributed by atoms with Crippen molar-refractivity contribution in [2.24, 2.45) is 5.10 Å². The molecular weight excluding hydrogens is 504 g/mol. The van der Waals surface area contributed by atoms with Gasteiger partial charge in [0.2, 0.25) is 0 Å². The minimum atomic E-state index is -0.539. The van der Waals surface area contributed by atoms with Crippen LogP contribution in [0.5, 0.6) is 5.75 Å².